The minimum Gasteiger partial charge on any atom is -0.348 e. The third-order valence-electron chi connectivity index (χ3n) is 1.10. The Morgan fingerprint density at radius 3 is 2.55 bits per heavy atom. The van der Waals surface area contributed by atoms with Gasteiger partial charge in [0.2, 0.25) is 5.91 Å². The number of thioether (sulfide) groups is 1. The van der Waals surface area contributed by atoms with Crippen LogP contribution in [0.5, 0.6) is 0 Å². The Morgan fingerprint density at radius 2 is 2.18 bits per heavy atom. The second-order valence-corrected chi connectivity index (χ2v) is 3.61. The fourth-order valence-corrected chi connectivity index (χ4v) is 1.05. The van der Waals surface area contributed by atoms with Gasteiger partial charge in [-0.05, 0) is 6.92 Å². The topological polar surface area (TPSA) is 49.7 Å². The van der Waals surface area contributed by atoms with Crippen LogP contribution in [0.3, 0.4) is 0 Å². The third-order valence-corrected chi connectivity index (χ3v) is 2.08. The number of hydrogen-bond donors (Lipinski definition) is 0. The first-order chi connectivity index (χ1) is 5.07. The summed E-state index contributed by atoms with van der Waals surface area (Å²) in [7, 11) is 3.36. The minimum atomic E-state index is -0.334. The molecule has 5 heteroatoms. The molecule has 0 bridgehead atoms. The molecule has 0 aliphatic carbocycles. The van der Waals surface area contributed by atoms with Gasteiger partial charge in [-0.1, -0.05) is 5.18 Å². The van der Waals surface area contributed by atoms with Crippen molar-refractivity contribution < 1.29 is 4.79 Å². The van der Waals surface area contributed by atoms with Crippen molar-refractivity contribution in [2.24, 2.45) is 5.18 Å². The highest BCUT2D eigenvalue weighted by Crippen LogP contribution is 2.10. The lowest BCUT2D eigenvalue weighted by Crippen LogP contribution is -2.24. The van der Waals surface area contributed by atoms with Gasteiger partial charge in [-0.15, -0.1) is 16.7 Å². The average Bonchev–Trinajstić information content (AvgIpc) is 1.99. The zero-order chi connectivity index (χ0) is 8.85. The smallest absolute Gasteiger partial charge is 0.232 e. The molecule has 0 heterocycles. The number of carbonyl (C=O) groups excluding carboxylic acids is 1. The Hall–Kier alpha value is -0.580. The highest BCUT2D eigenvalue weighted by molar-refractivity contribution is 8.00. The van der Waals surface area contributed by atoms with Crippen LogP contribution in [0.15, 0.2) is 5.18 Å². The molecular weight excluding hydrogens is 164 g/mol. The molecule has 11 heavy (non-hydrogen) atoms. The summed E-state index contributed by atoms with van der Waals surface area (Å²) in [6.45, 7) is 1.67. The zero-order valence-electron chi connectivity index (χ0n) is 6.90. The number of nitrogens with zero attached hydrogens (tertiary/aromatic N) is 2. The molecule has 1 amide bonds. The van der Waals surface area contributed by atoms with E-state index in [-0.39, 0.29) is 11.3 Å². The fourth-order valence-electron chi connectivity index (χ4n) is 0.351. The maximum absolute atomic E-state index is 10.9. The van der Waals surface area contributed by atoms with E-state index in [1.807, 2.05) is 0 Å². The first kappa shape index (κ1) is 10.4. The Balaban J connectivity index is 3.54. The van der Waals surface area contributed by atoms with Gasteiger partial charge < -0.3 is 4.90 Å². The first-order valence-electron chi connectivity index (χ1n) is 3.22. The molecule has 0 aromatic rings. The summed E-state index contributed by atoms with van der Waals surface area (Å²) in [4.78, 5) is 22.3. The number of amides is 1. The zero-order valence-corrected chi connectivity index (χ0v) is 7.72. The lowest BCUT2D eigenvalue weighted by Gasteiger charge is -2.09. The van der Waals surface area contributed by atoms with Gasteiger partial charge in [0.05, 0.1) is 5.75 Å². The van der Waals surface area contributed by atoms with E-state index in [9.17, 15) is 9.70 Å². The Bertz CT molecular complexity index is 150. The molecule has 0 aliphatic heterocycles. The third kappa shape index (κ3) is 4.78. The second kappa shape index (κ2) is 5.12. The summed E-state index contributed by atoms with van der Waals surface area (Å²) >= 11 is 1.24. The molecule has 0 aromatic carbocycles. The molecule has 0 radical (unpaired) electrons. The lowest BCUT2D eigenvalue weighted by molar-refractivity contribution is -0.125. The lowest BCUT2D eigenvalue weighted by atomic mass is 10.6. The van der Waals surface area contributed by atoms with E-state index in [1.165, 1.54) is 16.7 Å². The van der Waals surface area contributed by atoms with Gasteiger partial charge in [0.25, 0.3) is 0 Å². The van der Waals surface area contributed by atoms with Crippen molar-refractivity contribution in [3.63, 3.8) is 0 Å². The van der Waals surface area contributed by atoms with Crippen molar-refractivity contribution in [3.05, 3.63) is 4.91 Å². The Morgan fingerprint density at radius 1 is 1.64 bits per heavy atom. The molecule has 0 aliphatic rings. The van der Waals surface area contributed by atoms with Crippen LogP contribution in [0, 0.1) is 4.91 Å². The molecule has 0 rings (SSSR count). The molecule has 1 atom stereocenters. The SMILES string of the molecule is CC(N=O)SCC(=O)N(C)C. The van der Waals surface area contributed by atoms with Gasteiger partial charge in [-0.2, -0.15) is 0 Å². The highest BCUT2D eigenvalue weighted by atomic mass is 32.2. The van der Waals surface area contributed by atoms with Gasteiger partial charge in [-0.25, -0.2) is 0 Å². The van der Waals surface area contributed by atoms with Crippen LogP contribution in [0.1, 0.15) is 6.92 Å². The van der Waals surface area contributed by atoms with E-state index < -0.39 is 0 Å². The van der Waals surface area contributed by atoms with Crippen LogP contribution in [-0.4, -0.2) is 36.0 Å². The van der Waals surface area contributed by atoms with E-state index in [1.54, 1.807) is 21.0 Å². The van der Waals surface area contributed by atoms with Crippen LogP contribution < -0.4 is 0 Å². The van der Waals surface area contributed by atoms with Crippen molar-refractivity contribution >= 4 is 17.7 Å². The van der Waals surface area contributed by atoms with Gasteiger partial charge in [0, 0.05) is 14.1 Å². The van der Waals surface area contributed by atoms with Gasteiger partial charge in [0.15, 0.2) is 0 Å². The van der Waals surface area contributed by atoms with Crippen molar-refractivity contribution in [2.75, 3.05) is 19.8 Å². The average molecular weight is 176 g/mol. The molecule has 0 N–H and O–H groups in total. The number of hydrogen-bond acceptors (Lipinski definition) is 4. The van der Waals surface area contributed by atoms with Crippen molar-refractivity contribution in [1.82, 2.24) is 4.90 Å². The summed E-state index contributed by atoms with van der Waals surface area (Å²) in [6.07, 6.45) is 0. The fraction of sp³-hybridized carbons (Fsp3) is 0.833. The number of rotatable bonds is 4. The highest BCUT2D eigenvalue weighted by Gasteiger charge is 2.07. The minimum absolute atomic E-state index is 0.00509. The molecule has 64 valence electrons. The largest absolute Gasteiger partial charge is 0.348 e. The van der Waals surface area contributed by atoms with E-state index in [4.69, 9.17) is 0 Å². The van der Waals surface area contributed by atoms with Crippen LogP contribution in [0.4, 0.5) is 0 Å². The Kier molecular flexibility index (Phi) is 4.85. The normalized spacial score (nSPS) is 12.3. The summed E-state index contributed by atoms with van der Waals surface area (Å²) in [5.41, 5.74) is 0. The monoisotopic (exact) mass is 176 g/mol. The van der Waals surface area contributed by atoms with E-state index in [0.717, 1.165) is 0 Å². The van der Waals surface area contributed by atoms with Crippen molar-refractivity contribution in [3.8, 4) is 0 Å². The van der Waals surface area contributed by atoms with Crippen LogP contribution >= 0.6 is 11.8 Å². The Labute approximate surface area is 70.3 Å². The standard InChI is InChI=1S/C6H12N2O2S/c1-5(7-10)11-4-6(9)8(2)3/h5H,4H2,1-3H3. The van der Waals surface area contributed by atoms with Gasteiger partial charge in [-0.3, -0.25) is 4.79 Å². The molecule has 0 saturated heterocycles. The number of nitroso groups, excluding NO2 is 1. The van der Waals surface area contributed by atoms with Gasteiger partial charge in [0.1, 0.15) is 5.37 Å². The maximum Gasteiger partial charge on any atom is 0.232 e. The molecule has 1 unspecified atom stereocenters. The predicted octanol–water partition coefficient (Wildman–Crippen LogP) is 0.920. The molecule has 0 fully saturated rings. The summed E-state index contributed by atoms with van der Waals surface area (Å²) in [5.74, 6) is 0.324. The van der Waals surface area contributed by atoms with Crippen molar-refractivity contribution in [2.45, 2.75) is 12.3 Å². The molecule has 0 saturated carbocycles. The van der Waals surface area contributed by atoms with Crippen molar-refractivity contribution in [1.29, 1.82) is 0 Å². The van der Waals surface area contributed by atoms with Crippen LogP contribution in [-0.2, 0) is 4.79 Å². The van der Waals surface area contributed by atoms with E-state index in [0.29, 0.717) is 5.75 Å². The molecule has 4 nitrogen and oxygen atoms in total. The molecule has 0 aromatic heterocycles. The molecule has 0 spiro atoms. The predicted molar refractivity (Wildman–Crippen MR) is 46.4 cm³/mol. The quantitative estimate of drug-likeness (QED) is 0.598. The molecular formula is C6H12N2O2S. The van der Waals surface area contributed by atoms with Gasteiger partial charge >= 0.3 is 0 Å². The van der Waals surface area contributed by atoms with E-state index in [2.05, 4.69) is 5.18 Å². The van der Waals surface area contributed by atoms with Crippen LogP contribution in [0.2, 0.25) is 0 Å². The summed E-state index contributed by atoms with van der Waals surface area (Å²) < 4.78 is 0. The number of carbonyl (C=O) groups is 1. The maximum atomic E-state index is 10.9. The first-order valence-corrected chi connectivity index (χ1v) is 4.27. The summed E-state index contributed by atoms with van der Waals surface area (Å²) in [5, 5.41) is 2.43. The van der Waals surface area contributed by atoms with Crippen LogP contribution in [0.25, 0.3) is 0 Å². The summed E-state index contributed by atoms with van der Waals surface area (Å²) in [6, 6.07) is 0. The van der Waals surface area contributed by atoms with E-state index >= 15 is 0 Å². The second-order valence-electron chi connectivity index (χ2n) is 2.30.